The van der Waals surface area contributed by atoms with Gasteiger partial charge < -0.3 is 5.73 Å². The lowest BCUT2D eigenvalue weighted by molar-refractivity contribution is 0.437. The van der Waals surface area contributed by atoms with Crippen molar-refractivity contribution in [3.63, 3.8) is 0 Å². The van der Waals surface area contributed by atoms with Gasteiger partial charge in [-0.1, -0.05) is 6.07 Å². The molecule has 0 unspecified atom stereocenters. The van der Waals surface area contributed by atoms with Gasteiger partial charge in [0.05, 0.1) is 12.7 Å². The highest BCUT2D eigenvalue weighted by Crippen LogP contribution is 2.16. The first-order chi connectivity index (χ1) is 8.11. The number of benzene rings is 1. The van der Waals surface area contributed by atoms with E-state index >= 15 is 0 Å². The van der Waals surface area contributed by atoms with Crippen LogP contribution in [0.2, 0.25) is 0 Å². The van der Waals surface area contributed by atoms with E-state index in [4.69, 9.17) is 5.73 Å². The van der Waals surface area contributed by atoms with Crippen LogP contribution < -0.4 is 5.73 Å². The van der Waals surface area contributed by atoms with E-state index in [1.807, 2.05) is 0 Å². The van der Waals surface area contributed by atoms with E-state index in [0.717, 1.165) is 11.6 Å². The number of rotatable bonds is 3. The molecular formula is C11H10F3N3. The molecule has 17 heavy (non-hydrogen) atoms. The van der Waals surface area contributed by atoms with Gasteiger partial charge in [-0.3, -0.25) is 4.68 Å². The summed E-state index contributed by atoms with van der Waals surface area (Å²) in [5.74, 6) is -3.85. The fourth-order valence-corrected chi connectivity index (χ4v) is 1.46. The molecule has 3 nitrogen and oxygen atoms in total. The molecule has 6 heteroatoms. The van der Waals surface area contributed by atoms with Crippen molar-refractivity contribution in [2.75, 3.05) is 0 Å². The highest BCUT2D eigenvalue weighted by molar-refractivity contribution is 5.20. The second kappa shape index (κ2) is 4.58. The molecule has 0 saturated heterocycles. The summed E-state index contributed by atoms with van der Waals surface area (Å²) in [5, 5.41) is 3.93. The topological polar surface area (TPSA) is 43.8 Å². The average molecular weight is 241 g/mol. The zero-order chi connectivity index (χ0) is 12.4. The van der Waals surface area contributed by atoms with Crippen LogP contribution in [-0.4, -0.2) is 9.78 Å². The Labute approximate surface area is 95.7 Å². The predicted molar refractivity (Wildman–Crippen MR) is 55.5 cm³/mol. The molecule has 1 heterocycles. The van der Waals surface area contributed by atoms with Gasteiger partial charge >= 0.3 is 0 Å². The molecule has 0 atom stereocenters. The van der Waals surface area contributed by atoms with Crippen molar-refractivity contribution < 1.29 is 13.2 Å². The lowest BCUT2D eigenvalue weighted by Crippen LogP contribution is -2.05. The molecule has 0 aliphatic heterocycles. The molecule has 1 aromatic carbocycles. The second-order valence-corrected chi connectivity index (χ2v) is 3.58. The summed E-state index contributed by atoms with van der Waals surface area (Å²) in [7, 11) is 0. The highest BCUT2D eigenvalue weighted by atomic mass is 19.2. The molecular weight excluding hydrogens is 231 g/mol. The minimum absolute atomic E-state index is 0.0308. The van der Waals surface area contributed by atoms with Gasteiger partial charge in [-0.15, -0.1) is 0 Å². The SMILES string of the molecule is NCc1cnn(Cc2ccc(F)c(F)c2F)c1. The fraction of sp³-hybridized carbons (Fsp3) is 0.182. The Hall–Kier alpha value is -1.82. The summed E-state index contributed by atoms with van der Waals surface area (Å²) in [4.78, 5) is 0. The molecule has 2 aromatic rings. The van der Waals surface area contributed by atoms with Crippen molar-refractivity contribution in [2.24, 2.45) is 5.73 Å². The molecule has 2 N–H and O–H groups in total. The Morgan fingerprint density at radius 3 is 2.59 bits per heavy atom. The van der Waals surface area contributed by atoms with Gasteiger partial charge in [-0.05, 0) is 6.07 Å². The molecule has 0 radical (unpaired) electrons. The maximum absolute atomic E-state index is 13.4. The average Bonchev–Trinajstić information content (AvgIpc) is 2.78. The molecule has 90 valence electrons. The van der Waals surface area contributed by atoms with Gasteiger partial charge in [0, 0.05) is 23.9 Å². The van der Waals surface area contributed by atoms with Gasteiger partial charge in [-0.25, -0.2) is 13.2 Å². The summed E-state index contributed by atoms with van der Waals surface area (Å²) < 4.78 is 40.4. The summed E-state index contributed by atoms with van der Waals surface area (Å²) in [6, 6.07) is 2.08. The number of nitrogens with two attached hydrogens (primary N) is 1. The first-order valence-electron chi connectivity index (χ1n) is 4.95. The number of hydrogen-bond donors (Lipinski definition) is 1. The number of nitrogens with zero attached hydrogens (tertiary/aromatic N) is 2. The molecule has 0 aliphatic rings. The molecule has 0 saturated carbocycles. The van der Waals surface area contributed by atoms with Crippen LogP contribution in [0.3, 0.4) is 0 Å². The van der Waals surface area contributed by atoms with Crippen LogP contribution in [0.5, 0.6) is 0 Å². The second-order valence-electron chi connectivity index (χ2n) is 3.58. The molecule has 2 rings (SSSR count). The van der Waals surface area contributed by atoms with Gasteiger partial charge in [-0.2, -0.15) is 5.10 Å². The van der Waals surface area contributed by atoms with Crippen LogP contribution in [0.15, 0.2) is 24.5 Å². The minimum Gasteiger partial charge on any atom is -0.326 e. The third-order valence-corrected chi connectivity index (χ3v) is 2.37. The summed E-state index contributed by atoms with van der Waals surface area (Å²) in [6.45, 7) is 0.350. The Morgan fingerprint density at radius 1 is 1.18 bits per heavy atom. The van der Waals surface area contributed by atoms with Gasteiger partial charge in [0.2, 0.25) is 0 Å². The van der Waals surface area contributed by atoms with Crippen LogP contribution in [0.4, 0.5) is 13.2 Å². The van der Waals surface area contributed by atoms with Crippen molar-refractivity contribution in [1.82, 2.24) is 9.78 Å². The van der Waals surface area contributed by atoms with Crippen molar-refractivity contribution >= 4 is 0 Å². The number of hydrogen-bond acceptors (Lipinski definition) is 2. The first-order valence-corrected chi connectivity index (χ1v) is 4.95. The Kier molecular flexibility index (Phi) is 3.14. The first kappa shape index (κ1) is 11.7. The van der Waals surface area contributed by atoms with Crippen molar-refractivity contribution in [3.05, 3.63) is 53.1 Å². The van der Waals surface area contributed by atoms with Crippen molar-refractivity contribution in [2.45, 2.75) is 13.1 Å². The van der Waals surface area contributed by atoms with E-state index in [1.54, 1.807) is 6.20 Å². The number of aromatic nitrogens is 2. The zero-order valence-electron chi connectivity index (χ0n) is 8.83. The van der Waals surface area contributed by atoms with Crippen LogP contribution in [0.1, 0.15) is 11.1 Å². The van der Waals surface area contributed by atoms with Crippen molar-refractivity contribution in [3.8, 4) is 0 Å². The van der Waals surface area contributed by atoms with Crippen LogP contribution in [0.25, 0.3) is 0 Å². The lowest BCUT2D eigenvalue weighted by atomic mass is 10.2. The normalized spacial score (nSPS) is 10.8. The van der Waals surface area contributed by atoms with Gasteiger partial charge in [0.25, 0.3) is 0 Å². The monoisotopic (exact) mass is 241 g/mol. The van der Waals surface area contributed by atoms with Gasteiger partial charge in [0.15, 0.2) is 17.5 Å². The van der Waals surface area contributed by atoms with Crippen LogP contribution in [0, 0.1) is 17.5 Å². The van der Waals surface area contributed by atoms with E-state index in [0.29, 0.717) is 6.54 Å². The predicted octanol–water partition coefficient (Wildman–Crippen LogP) is 1.81. The smallest absolute Gasteiger partial charge is 0.194 e. The molecule has 0 bridgehead atoms. The Balaban J connectivity index is 2.27. The molecule has 0 aliphatic carbocycles. The molecule has 0 spiro atoms. The van der Waals surface area contributed by atoms with Crippen LogP contribution >= 0.6 is 0 Å². The summed E-state index contributed by atoms with van der Waals surface area (Å²) >= 11 is 0. The Morgan fingerprint density at radius 2 is 1.94 bits per heavy atom. The highest BCUT2D eigenvalue weighted by Gasteiger charge is 2.13. The van der Waals surface area contributed by atoms with E-state index < -0.39 is 17.5 Å². The molecule has 0 amide bonds. The summed E-state index contributed by atoms with van der Waals surface area (Å²) in [6.07, 6.45) is 3.17. The third kappa shape index (κ3) is 2.31. The lowest BCUT2D eigenvalue weighted by Gasteiger charge is -2.04. The molecule has 0 fully saturated rings. The largest absolute Gasteiger partial charge is 0.326 e. The van der Waals surface area contributed by atoms with E-state index in [1.165, 1.54) is 16.9 Å². The maximum Gasteiger partial charge on any atom is 0.194 e. The van der Waals surface area contributed by atoms with E-state index in [2.05, 4.69) is 5.10 Å². The molecule has 1 aromatic heterocycles. The quantitative estimate of drug-likeness (QED) is 0.833. The van der Waals surface area contributed by atoms with Crippen LogP contribution in [-0.2, 0) is 13.1 Å². The Bertz CT molecular complexity index is 537. The fourth-order valence-electron chi connectivity index (χ4n) is 1.46. The van der Waals surface area contributed by atoms with E-state index in [9.17, 15) is 13.2 Å². The number of halogens is 3. The zero-order valence-corrected chi connectivity index (χ0v) is 8.83. The standard InChI is InChI=1S/C11H10F3N3/c12-9-2-1-8(10(13)11(9)14)6-17-5-7(3-15)4-16-17/h1-2,4-5H,3,6,15H2. The minimum atomic E-state index is -1.46. The summed E-state index contributed by atoms with van der Waals surface area (Å²) in [5.41, 5.74) is 6.22. The van der Waals surface area contributed by atoms with Crippen molar-refractivity contribution in [1.29, 1.82) is 0 Å². The third-order valence-electron chi connectivity index (χ3n) is 2.37. The maximum atomic E-state index is 13.4. The van der Waals surface area contributed by atoms with Gasteiger partial charge in [0.1, 0.15) is 0 Å². The van der Waals surface area contributed by atoms with E-state index in [-0.39, 0.29) is 12.1 Å².